The third-order valence-corrected chi connectivity index (χ3v) is 6.75. The molecule has 0 N–H and O–H groups in total. The van der Waals surface area contributed by atoms with Gasteiger partial charge in [-0.05, 0) is 37.0 Å². The number of allylic oxidation sites excluding steroid dienone is 1. The van der Waals surface area contributed by atoms with E-state index in [0.717, 1.165) is 12.8 Å². The average Bonchev–Trinajstić information content (AvgIpc) is 2.68. The van der Waals surface area contributed by atoms with Crippen molar-refractivity contribution in [3.8, 4) is 0 Å². The second kappa shape index (κ2) is 5.26. The van der Waals surface area contributed by atoms with Crippen molar-refractivity contribution in [2.24, 2.45) is 16.7 Å². The first kappa shape index (κ1) is 15.7. The van der Waals surface area contributed by atoms with Crippen molar-refractivity contribution < 1.29 is 17.4 Å². The molecule has 0 saturated heterocycles. The number of unbranched alkanes of at least 4 members (excludes halogenated alkanes) is 1. The first-order chi connectivity index (χ1) is 9.25. The van der Waals surface area contributed by atoms with Crippen molar-refractivity contribution in [2.45, 2.75) is 46.0 Å². The molecular weight excluding hydrogens is 276 g/mol. The van der Waals surface area contributed by atoms with Crippen LogP contribution < -0.4 is 0 Å². The molecule has 4 nitrogen and oxygen atoms in total. The molecule has 0 amide bonds. The van der Waals surface area contributed by atoms with E-state index < -0.39 is 15.5 Å². The SMILES string of the molecule is C=CCCCOS(=O)(=O)CC12CCC(CC1=O)C2(C)C. The molecule has 0 aliphatic heterocycles. The topological polar surface area (TPSA) is 60.4 Å². The van der Waals surface area contributed by atoms with Crippen molar-refractivity contribution in [3.63, 3.8) is 0 Å². The summed E-state index contributed by atoms with van der Waals surface area (Å²) in [5.41, 5.74) is -0.962. The van der Waals surface area contributed by atoms with Gasteiger partial charge in [-0.3, -0.25) is 8.98 Å². The van der Waals surface area contributed by atoms with Crippen LogP contribution in [0.4, 0.5) is 0 Å². The first-order valence-corrected chi connectivity index (χ1v) is 8.84. The van der Waals surface area contributed by atoms with Gasteiger partial charge < -0.3 is 0 Å². The molecule has 2 aliphatic rings. The summed E-state index contributed by atoms with van der Waals surface area (Å²) in [5.74, 6) is 0.277. The summed E-state index contributed by atoms with van der Waals surface area (Å²) < 4.78 is 29.4. The Bertz CT molecular complexity index is 506. The minimum atomic E-state index is -3.65. The first-order valence-electron chi connectivity index (χ1n) is 7.26. The van der Waals surface area contributed by atoms with Crippen LogP contribution in [0.15, 0.2) is 12.7 Å². The molecule has 0 aromatic carbocycles. The van der Waals surface area contributed by atoms with E-state index in [1.165, 1.54) is 0 Å². The molecule has 2 rings (SSSR count). The maximum absolute atomic E-state index is 12.3. The summed E-state index contributed by atoms with van der Waals surface area (Å²) in [4.78, 5) is 12.3. The predicted octanol–water partition coefficient (Wildman–Crippen LogP) is 2.69. The number of hydrogen-bond acceptors (Lipinski definition) is 4. The lowest BCUT2D eigenvalue weighted by Gasteiger charge is -2.35. The van der Waals surface area contributed by atoms with E-state index in [9.17, 15) is 13.2 Å². The third-order valence-electron chi connectivity index (χ3n) is 5.38. The zero-order chi connectivity index (χ0) is 15.0. The Hall–Kier alpha value is -0.680. The predicted molar refractivity (Wildman–Crippen MR) is 77.7 cm³/mol. The van der Waals surface area contributed by atoms with Gasteiger partial charge in [0.2, 0.25) is 0 Å². The maximum Gasteiger partial charge on any atom is 0.268 e. The van der Waals surface area contributed by atoms with Gasteiger partial charge in [-0.25, -0.2) is 0 Å². The van der Waals surface area contributed by atoms with Crippen LogP contribution in [-0.4, -0.2) is 26.6 Å². The van der Waals surface area contributed by atoms with Crippen molar-refractivity contribution in [2.75, 3.05) is 12.4 Å². The summed E-state index contributed by atoms with van der Waals surface area (Å²) in [7, 11) is -3.65. The summed E-state index contributed by atoms with van der Waals surface area (Å²) in [6, 6.07) is 0. The number of ketones is 1. The zero-order valence-corrected chi connectivity index (χ0v) is 13.2. The average molecular weight is 300 g/mol. The number of carbonyl (C=O) groups is 1. The van der Waals surface area contributed by atoms with Crippen LogP contribution in [0.2, 0.25) is 0 Å². The smallest absolute Gasteiger partial charge is 0.268 e. The van der Waals surface area contributed by atoms with Gasteiger partial charge >= 0.3 is 0 Å². The van der Waals surface area contributed by atoms with E-state index in [0.29, 0.717) is 25.2 Å². The lowest BCUT2D eigenvalue weighted by Crippen LogP contribution is -2.42. The molecule has 2 bridgehead atoms. The summed E-state index contributed by atoms with van der Waals surface area (Å²) in [6.07, 6.45) is 5.26. The highest BCUT2D eigenvalue weighted by Gasteiger charge is 2.65. The highest BCUT2D eigenvalue weighted by Crippen LogP contribution is 2.64. The molecule has 114 valence electrons. The number of fused-ring (bicyclic) bond motifs is 2. The van der Waals surface area contributed by atoms with Crippen LogP contribution in [0.25, 0.3) is 0 Å². The van der Waals surface area contributed by atoms with Gasteiger partial charge in [0.25, 0.3) is 10.1 Å². The van der Waals surface area contributed by atoms with Gasteiger partial charge in [0.15, 0.2) is 0 Å². The normalized spacial score (nSPS) is 31.7. The molecule has 2 aliphatic carbocycles. The summed E-state index contributed by atoms with van der Waals surface area (Å²) in [5, 5.41) is 0. The molecule has 0 aromatic rings. The largest absolute Gasteiger partial charge is 0.299 e. The Labute approximate surface area is 121 Å². The van der Waals surface area contributed by atoms with Gasteiger partial charge in [-0.2, -0.15) is 8.42 Å². The summed E-state index contributed by atoms with van der Waals surface area (Å²) in [6.45, 7) is 7.82. The molecule has 2 saturated carbocycles. The van der Waals surface area contributed by atoms with E-state index in [2.05, 4.69) is 6.58 Å². The second-order valence-corrected chi connectivity index (χ2v) is 8.26. The van der Waals surface area contributed by atoms with E-state index >= 15 is 0 Å². The standard InChI is InChI=1S/C15H24O4S/c1-4-5-6-9-19-20(17,18)11-15-8-7-12(10-13(15)16)14(15,2)3/h4,12H,1,5-11H2,2-3H3. The third kappa shape index (κ3) is 2.46. The molecule has 0 heterocycles. The van der Waals surface area contributed by atoms with Crippen LogP contribution in [0.3, 0.4) is 0 Å². The zero-order valence-electron chi connectivity index (χ0n) is 12.4. The fourth-order valence-corrected chi connectivity index (χ4v) is 5.60. The molecule has 20 heavy (non-hydrogen) atoms. The molecule has 0 aromatic heterocycles. The Balaban J connectivity index is 2.08. The van der Waals surface area contributed by atoms with E-state index in [-0.39, 0.29) is 23.6 Å². The lowest BCUT2D eigenvalue weighted by molar-refractivity contribution is -0.128. The Morgan fingerprint density at radius 2 is 2.15 bits per heavy atom. The van der Waals surface area contributed by atoms with Gasteiger partial charge in [0.1, 0.15) is 5.78 Å². The number of hydrogen-bond donors (Lipinski definition) is 0. The molecular formula is C15H24O4S. The minimum absolute atomic E-state index is 0.108. The molecule has 2 atom stereocenters. The number of carbonyl (C=O) groups excluding carboxylic acids is 1. The van der Waals surface area contributed by atoms with Gasteiger partial charge in [-0.1, -0.05) is 19.9 Å². The molecule has 0 spiro atoms. The fraction of sp³-hybridized carbons (Fsp3) is 0.800. The van der Waals surface area contributed by atoms with Crippen LogP contribution in [0.1, 0.15) is 46.0 Å². The van der Waals surface area contributed by atoms with Crippen LogP contribution in [0.5, 0.6) is 0 Å². The van der Waals surface area contributed by atoms with E-state index in [4.69, 9.17) is 4.18 Å². The molecule has 5 heteroatoms. The van der Waals surface area contributed by atoms with Crippen molar-refractivity contribution >= 4 is 15.9 Å². The van der Waals surface area contributed by atoms with Crippen LogP contribution in [0, 0.1) is 16.7 Å². The fourth-order valence-electron chi connectivity index (χ4n) is 3.87. The summed E-state index contributed by atoms with van der Waals surface area (Å²) >= 11 is 0. The van der Waals surface area contributed by atoms with Crippen molar-refractivity contribution in [1.82, 2.24) is 0 Å². The van der Waals surface area contributed by atoms with E-state index in [1.807, 2.05) is 13.8 Å². The van der Waals surface area contributed by atoms with Crippen molar-refractivity contribution in [1.29, 1.82) is 0 Å². The quantitative estimate of drug-likeness (QED) is 0.412. The highest BCUT2D eigenvalue weighted by molar-refractivity contribution is 7.86. The van der Waals surface area contributed by atoms with E-state index in [1.54, 1.807) is 6.08 Å². The lowest BCUT2D eigenvalue weighted by atomic mass is 9.70. The van der Waals surface area contributed by atoms with Crippen LogP contribution >= 0.6 is 0 Å². The van der Waals surface area contributed by atoms with Gasteiger partial charge in [0.05, 0.1) is 17.8 Å². The van der Waals surface area contributed by atoms with Crippen molar-refractivity contribution in [3.05, 3.63) is 12.7 Å². The number of rotatable bonds is 7. The Morgan fingerprint density at radius 3 is 2.65 bits per heavy atom. The Kier molecular flexibility index (Phi) is 4.13. The van der Waals surface area contributed by atoms with Gasteiger partial charge in [-0.15, -0.1) is 6.58 Å². The van der Waals surface area contributed by atoms with Crippen LogP contribution in [-0.2, 0) is 19.1 Å². The molecule has 0 radical (unpaired) electrons. The monoisotopic (exact) mass is 300 g/mol. The maximum atomic E-state index is 12.3. The molecule has 2 unspecified atom stereocenters. The Morgan fingerprint density at radius 1 is 1.45 bits per heavy atom. The minimum Gasteiger partial charge on any atom is -0.299 e. The van der Waals surface area contributed by atoms with Gasteiger partial charge in [0, 0.05) is 6.42 Å². The number of Topliss-reactive ketones (excluding diaryl/α,β-unsaturated/α-hetero) is 1. The second-order valence-electron chi connectivity index (χ2n) is 6.62. The highest BCUT2D eigenvalue weighted by atomic mass is 32.2. The molecule has 2 fully saturated rings.